The largest absolute Gasteiger partial charge is 0.438 e. The van der Waals surface area contributed by atoms with Crippen LogP contribution in [0.4, 0.5) is 5.69 Å². The maximum Gasteiger partial charge on any atom is 0.427 e. The molecule has 2 aromatic heterocycles. The second-order valence-corrected chi connectivity index (χ2v) is 5.89. The molecule has 9 nitrogen and oxygen atoms in total. The maximum absolute atomic E-state index is 12.3. The number of nitrogens with zero attached hydrogens (tertiary/aromatic N) is 1. The Morgan fingerprint density at radius 2 is 1.86 bits per heavy atom. The number of fused-ring (bicyclic) bond motifs is 1. The van der Waals surface area contributed by atoms with Gasteiger partial charge < -0.3 is 14.6 Å². The second-order valence-electron chi connectivity index (χ2n) is 4.40. The topological polar surface area (TPSA) is 152 Å². The van der Waals surface area contributed by atoms with Gasteiger partial charge in [-0.25, -0.2) is 22.9 Å². The van der Waals surface area contributed by atoms with Gasteiger partial charge in [-0.3, -0.25) is 4.79 Å². The third-order valence-electron chi connectivity index (χ3n) is 2.88. The highest BCUT2D eigenvalue weighted by Gasteiger charge is 2.23. The minimum Gasteiger partial charge on any atom is -0.438 e. The summed E-state index contributed by atoms with van der Waals surface area (Å²) >= 11 is 0. The van der Waals surface area contributed by atoms with Gasteiger partial charge in [0.1, 0.15) is 5.52 Å². The molecule has 1 aromatic carbocycles. The first-order valence-electron chi connectivity index (χ1n) is 5.86. The molecule has 0 fully saturated rings. The van der Waals surface area contributed by atoms with Gasteiger partial charge in [0.15, 0.2) is 11.3 Å². The van der Waals surface area contributed by atoms with Crippen LogP contribution in [0.15, 0.2) is 49.1 Å². The summed E-state index contributed by atoms with van der Waals surface area (Å²) in [6.07, 6.45) is 0. The van der Waals surface area contributed by atoms with Crippen molar-refractivity contribution in [3.63, 3.8) is 0 Å². The highest BCUT2D eigenvalue weighted by molar-refractivity contribution is 7.89. The summed E-state index contributed by atoms with van der Waals surface area (Å²) in [6.45, 7) is 0. The van der Waals surface area contributed by atoms with Crippen LogP contribution >= 0.6 is 0 Å². The third-order valence-corrected chi connectivity index (χ3v) is 3.66. The molecule has 2 heterocycles. The van der Waals surface area contributed by atoms with Crippen molar-refractivity contribution in [3.8, 4) is 0 Å². The SMILES string of the molecule is Nc1ccc2oc(=O)n(C(=O)c3ccc(S(N)(=O)=O)o3)c2c1. The monoisotopic (exact) mass is 323 g/mol. The molecule has 0 aliphatic rings. The molecule has 22 heavy (non-hydrogen) atoms. The number of nitrogens with two attached hydrogens (primary N) is 2. The van der Waals surface area contributed by atoms with Crippen LogP contribution in [0.2, 0.25) is 0 Å². The van der Waals surface area contributed by atoms with Crippen molar-refractivity contribution in [2.75, 3.05) is 5.73 Å². The number of rotatable bonds is 2. The molecule has 0 saturated heterocycles. The molecule has 10 heteroatoms. The van der Waals surface area contributed by atoms with Gasteiger partial charge in [0, 0.05) is 5.69 Å². The molecule has 0 unspecified atom stereocenters. The van der Waals surface area contributed by atoms with E-state index in [0.717, 1.165) is 12.1 Å². The lowest BCUT2D eigenvalue weighted by molar-refractivity contribution is 0.0923. The van der Waals surface area contributed by atoms with E-state index in [4.69, 9.17) is 19.7 Å². The normalized spacial score (nSPS) is 11.9. The number of hydrogen-bond acceptors (Lipinski definition) is 7. The first-order valence-corrected chi connectivity index (χ1v) is 7.40. The number of primary sulfonamides is 1. The molecule has 114 valence electrons. The molecule has 0 radical (unpaired) electrons. The van der Waals surface area contributed by atoms with Crippen LogP contribution in [0.25, 0.3) is 11.1 Å². The van der Waals surface area contributed by atoms with Crippen LogP contribution in [0, 0.1) is 0 Å². The number of aromatic nitrogens is 1. The van der Waals surface area contributed by atoms with Crippen LogP contribution in [0.5, 0.6) is 0 Å². The Morgan fingerprint density at radius 3 is 2.50 bits per heavy atom. The van der Waals surface area contributed by atoms with Crippen molar-refractivity contribution in [2.24, 2.45) is 5.14 Å². The van der Waals surface area contributed by atoms with Crippen molar-refractivity contribution in [3.05, 3.63) is 46.6 Å². The van der Waals surface area contributed by atoms with E-state index in [0.29, 0.717) is 10.3 Å². The summed E-state index contributed by atoms with van der Waals surface area (Å²) in [7, 11) is -4.09. The molecule has 0 saturated carbocycles. The van der Waals surface area contributed by atoms with Crippen molar-refractivity contribution in [2.45, 2.75) is 5.09 Å². The Bertz CT molecular complexity index is 1060. The number of furan rings is 1. The van der Waals surface area contributed by atoms with Gasteiger partial charge in [-0.05, 0) is 30.3 Å². The fraction of sp³-hybridized carbons (Fsp3) is 0. The molecule has 0 bridgehead atoms. The average Bonchev–Trinajstić information content (AvgIpc) is 3.01. The minimum atomic E-state index is -4.09. The van der Waals surface area contributed by atoms with Crippen LogP contribution in [0.3, 0.4) is 0 Å². The van der Waals surface area contributed by atoms with Gasteiger partial charge in [0.25, 0.3) is 10.0 Å². The molecule has 3 aromatic rings. The smallest absolute Gasteiger partial charge is 0.427 e. The van der Waals surface area contributed by atoms with Gasteiger partial charge in [-0.15, -0.1) is 0 Å². The predicted octanol–water partition coefficient (Wildman–Crippen LogP) is 0.106. The fourth-order valence-corrected chi connectivity index (χ4v) is 2.39. The van der Waals surface area contributed by atoms with Crippen LogP contribution in [-0.4, -0.2) is 18.9 Å². The second kappa shape index (κ2) is 4.58. The number of oxazole rings is 1. The fourth-order valence-electron chi connectivity index (χ4n) is 1.92. The molecule has 3 rings (SSSR count). The van der Waals surface area contributed by atoms with Crippen LogP contribution in [-0.2, 0) is 10.0 Å². The lowest BCUT2D eigenvalue weighted by Crippen LogP contribution is -2.22. The van der Waals surface area contributed by atoms with Gasteiger partial charge >= 0.3 is 11.7 Å². The predicted molar refractivity (Wildman–Crippen MR) is 74.7 cm³/mol. The van der Waals surface area contributed by atoms with E-state index in [1.54, 1.807) is 0 Å². The first-order chi connectivity index (χ1) is 10.3. The molecule has 0 aliphatic carbocycles. The van der Waals surface area contributed by atoms with E-state index in [1.807, 2.05) is 0 Å². The third kappa shape index (κ3) is 2.19. The lowest BCUT2D eigenvalue weighted by Gasteiger charge is -1.99. The Hall–Kier alpha value is -2.85. The van der Waals surface area contributed by atoms with Gasteiger partial charge in [0.05, 0.1) is 0 Å². The number of nitrogen functional groups attached to an aromatic ring is 1. The number of anilines is 1. The number of carbonyl (C=O) groups excluding carboxylic acids is 1. The summed E-state index contributed by atoms with van der Waals surface area (Å²) in [4.78, 5) is 24.1. The first kappa shape index (κ1) is 14.1. The summed E-state index contributed by atoms with van der Waals surface area (Å²) < 4.78 is 32.8. The van der Waals surface area contributed by atoms with E-state index in [-0.39, 0.29) is 16.9 Å². The van der Waals surface area contributed by atoms with E-state index in [9.17, 15) is 18.0 Å². The van der Waals surface area contributed by atoms with Crippen molar-refractivity contribution in [1.29, 1.82) is 0 Å². The number of sulfonamides is 1. The van der Waals surface area contributed by atoms with Crippen LogP contribution in [0.1, 0.15) is 10.6 Å². The standard InChI is InChI=1S/C12H9N3O6S/c13-6-1-2-8-7(5-6)15(12(17)21-8)11(16)9-3-4-10(20-9)22(14,18)19/h1-5H,13H2,(H2,14,18,19). The summed E-state index contributed by atoms with van der Waals surface area (Å²) in [5.41, 5.74) is 6.23. The Balaban J connectivity index is 2.17. The van der Waals surface area contributed by atoms with Gasteiger partial charge in [-0.1, -0.05) is 0 Å². The quantitative estimate of drug-likeness (QED) is 0.634. The highest BCUT2D eigenvalue weighted by Crippen LogP contribution is 2.19. The zero-order valence-electron chi connectivity index (χ0n) is 10.8. The molecular formula is C12H9N3O6S. The van der Waals surface area contributed by atoms with Crippen molar-refractivity contribution < 1.29 is 22.0 Å². The number of hydrogen-bond donors (Lipinski definition) is 2. The number of carbonyl (C=O) groups is 1. The Kier molecular flexibility index (Phi) is 2.93. The van der Waals surface area contributed by atoms with E-state index >= 15 is 0 Å². The average molecular weight is 323 g/mol. The van der Waals surface area contributed by atoms with E-state index in [1.165, 1.54) is 18.2 Å². The number of benzene rings is 1. The van der Waals surface area contributed by atoms with Crippen molar-refractivity contribution >= 4 is 32.7 Å². The van der Waals surface area contributed by atoms with Crippen LogP contribution < -0.4 is 16.6 Å². The molecule has 0 aliphatic heterocycles. The molecule has 4 N–H and O–H groups in total. The zero-order valence-corrected chi connectivity index (χ0v) is 11.7. The highest BCUT2D eigenvalue weighted by atomic mass is 32.2. The van der Waals surface area contributed by atoms with E-state index < -0.39 is 26.8 Å². The molecular weight excluding hydrogens is 314 g/mol. The molecule has 0 amide bonds. The summed E-state index contributed by atoms with van der Waals surface area (Å²) in [6, 6.07) is 6.44. The summed E-state index contributed by atoms with van der Waals surface area (Å²) in [5.74, 6) is -2.22. The molecule has 0 atom stereocenters. The van der Waals surface area contributed by atoms with Crippen molar-refractivity contribution in [1.82, 2.24) is 4.57 Å². The lowest BCUT2D eigenvalue weighted by atomic mass is 10.3. The Morgan fingerprint density at radius 1 is 1.14 bits per heavy atom. The molecule has 0 spiro atoms. The Labute approximate surface area is 122 Å². The summed E-state index contributed by atoms with van der Waals surface area (Å²) in [5, 5.41) is 4.31. The minimum absolute atomic E-state index is 0.142. The van der Waals surface area contributed by atoms with Gasteiger partial charge in [-0.2, -0.15) is 0 Å². The zero-order chi connectivity index (χ0) is 16.1. The van der Waals surface area contributed by atoms with E-state index in [2.05, 4.69) is 0 Å². The maximum atomic E-state index is 12.3. The van der Waals surface area contributed by atoms with Gasteiger partial charge in [0.2, 0.25) is 5.09 Å².